The minimum Gasteiger partial charge on any atom is -0.333 e. The topological polar surface area (TPSA) is 18.0 Å². The van der Waals surface area contributed by atoms with Gasteiger partial charge in [0.25, 0.3) is 0 Å². The van der Waals surface area contributed by atoms with Crippen LogP contribution in [0.1, 0.15) is 23.9 Å². The molecule has 12 rings (SSSR count). The summed E-state index contributed by atoms with van der Waals surface area (Å²) in [5, 5.41) is 5.12. The highest BCUT2D eigenvalue weighted by atomic mass is 15.2. The summed E-state index contributed by atoms with van der Waals surface area (Å²) < 4.78 is 7.61. The number of hydrogen-bond acceptors (Lipinski definition) is 1. The van der Waals surface area contributed by atoms with Gasteiger partial charge in [-0.3, -0.25) is 0 Å². The van der Waals surface area contributed by atoms with E-state index >= 15 is 0 Å². The molecule has 3 aliphatic rings. The van der Waals surface area contributed by atoms with E-state index in [0.29, 0.717) is 5.92 Å². The first-order valence-corrected chi connectivity index (χ1v) is 19.0. The van der Waals surface area contributed by atoms with Crippen LogP contribution in [0, 0.1) is 0 Å². The zero-order valence-corrected chi connectivity index (χ0v) is 29.6. The first kappa shape index (κ1) is 29.8. The predicted molar refractivity (Wildman–Crippen MR) is 226 cm³/mol. The molecule has 3 atom stereocenters. The van der Waals surface area contributed by atoms with Crippen molar-refractivity contribution >= 4 is 71.7 Å². The Balaban J connectivity index is 1.05. The summed E-state index contributed by atoms with van der Waals surface area (Å²) in [5.41, 5.74) is 13.8. The molecular weight excluding hydrogens is 657 g/mol. The first-order valence-electron chi connectivity index (χ1n) is 19.0. The minimum atomic E-state index is 0.173. The third-order valence-electron chi connectivity index (χ3n) is 12.1. The molecule has 0 fully saturated rings. The van der Waals surface area contributed by atoms with Gasteiger partial charge in [-0.15, -0.1) is 0 Å². The summed E-state index contributed by atoms with van der Waals surface area (Å²) in [6, 6.07) is 54.1. The van der Waals surface area contributed by atoms with Crippen molar-refractivity contribution in [2.45, 2.75) is 24.4 Å². The molecule has 9 aromatic rings. The van der Waals surface area contributed by atoms with E-state index in [1.165, 1.54) is 83.0 Å². The molecule has 4 heteroatoms. The number of benzene rings is 6. The Morgan fingerprint density at radius 3 is 1.81 bits per heavy atom. The summed E-state index contributed by atoms with van der Waals surface area (Å²) in [7, 11) is 0. The van der Waals surface area contributed by atoms with E-state index in [0.717, 1.165) is 6.42 Å². The Bertz CT molecular complexity index is 3060. The summed E-state index contributed by atoms with van der Waals surface area (Å²) in [6.45, 7) is 0. The maximum atomic E-state index is 2.55. The maximum absolute atomic E-state index is 2.55. The molecule has 0 bridgehead atoms. The summed E-state index contributed by atoms with van der Waals surface area (Å²) >= 11 is 0. The van der Waals surface area contributed by atoms with E-state index in [9.17, 15) is 0 Å². The molecule has 0 saturated heterocycles. The number of rotatable bonds is 4. The summed E-state index contributed by atoms with van der Waals surface area (Å²) in [4.78, 5) is 2.53. The van der Waals surface area contributed by atoms with Gasteiger partial charge in [0.1, 0.15) is 0 Å². The molecule has 4 heterocycles. The first-order chi connectivity index (χ1) is 26.8. The molecule has 0 spiro atoms. The largest absolute Gasteiger partial charge is 0.333 e. The van der Waals surface area contributed by atoms with Gasteiger partial charge < -0.3 is 18.6 Å². The molecule has 3 aromatic heterocycles. The zero-order valence-electron chi connectivity index (χ0n) is 29.6. The fourth-order valence-corrected chi connectivity index (χ4v) is 9.92. The molecule has 54 heavy (non-hydrogen) atoms. The van der Waals surface area contributed by atoms with Crippen LogP contribution in [0.2, 0.25) is 0 Å². The van der Waals surface area contributed by atoms with Crippen LogP contribution in [-0.2, 0) is 0 Å². The van der Waals surface area contributed by atoms with E-state index in [1.807, 2.05) is 0 Å². The second kappa shape index (κ2) is 11.4. The van der Waals surface area contributed by atoms with Crippen LogP contribution >= 0.6 is 0 Å². The third-order valence-corrected chi connectivity index (χ3v) is 12.1. The fourth-order valence-electron chi connectivity index (χ4n) is 9.92. The second-order valence-corrected chi connectivity index (χ2v) is 14.9. The van der Waals surface area contributed by atoms with Gasteiger partial charge in [0.15, 0.2) is 0 Å². The number of allylic oxidation sites excluding steroid dienone is 6. The normalized spacial score (nSPS) is 19.1. The minimum absolute atomic E-state index is 0.173. The Hall–Kier alpha value is -6.78. The lowest BCUT2D eigenvalue weighted by Gasteiger charge is -2.29. The van der Waals surface area contributed by atoms with Crippen molar-refractivity contribution in [3.05, 3.63) is 194 Å². The van der Waals surface area contributed by atoms with Crippen LogP contribution in [0.15, 0.2) is 188 Å². The van der Waals surface area contributed by atoms with Crippen LogP contribution in [0.5, 0.6) is 0 Å². The lowest BCUT2D eigenvalue weighted by Crippen LogP contribution is -2.28. The molecule has 3 unspecified atom stereocenters. The lowest BCUT2D eigenvalue weighted by molar-refractivity contribution is 0.646. The van der Waals surface area contributed by atoms with Crippen LogP contribution < -0.4 is 4.90 Å². The molecule has 0 amide bonds. The number of para-hydroxylation sites is 5. The monoisotopic (exact) mass is 692 g/mol. The van der Waals surface area contributed by atoms with Crippen molar-refractivity contribution in [2.24, 2.45) is 0 Å². The fraction of sp³-hybridized carbons (Fsp3) is 0.0800. The van der Waals surface area contributed by atoms with Crippen LogP contribution in [0.3, 0.4) is 0 Å². The summed E-state index contributed by atoms with van der Waals surface area (Å²) in [5.74, 6) is 0.344. The second-order valence-electron chi connectivity index (χ2n) is 14.9. The molecule has 2 aliphatic carbocycles. The molecule has 0 N–H and O–H groups in total. The molecule has 4 nitrogen and oxygen atoms in total. The molecule has 0 radical (unpaired) electrons. The van der Waals surface area contributed by atoms with E-state index in [2.05, 4.69) is 207 Å². The highest BCUT2D eigenvalue weighted by Crippen LogP contribution is 2.49. The smallest absolute Gasteiger partial charge is 0.0803 e. The van der Waals surface area contributed by atoms with Gasteiger partial charge in [-0.2, -0.15) is 0 Å². The van der Waals surface area contributed by atoms with Crippen LogP contribution in [0.4, 0.5) is 11.4 Å². The number of nitrogens with zero attached hydrogens (tertiary/aromatic N) is 4. The number of fused-ring (bicyclic) bond motifs is 11. The third kappa shape index (κ3) is 4.08. The Labute approximate surface area is 313 Å². The number of anilines is 2. The molecule has 256 valence electrons. The Morgan fingerprint density at radius 2 is 1.06 bits per heavy atom. The van der Waals surface area contributed by atoms with Gasteiger partial charge in [0.2, 0.25) is 0 Å². The maximum Gasteiger partial charge on any atom is 0.0803 e. The van der Waals surface area contributed by atoms with Crippen molar-refractivity contribution in [1.82, 2.24) is 13.7 Å². The standard InChI is InChI=1S/C50H36N4/c1-7-25-43-37(19-1)38-20-2-8-26-44(38)51(43)33-15-13-17-35(31-33)53-47-29-11-5-23-41(47)50-49(53)42-24-6-12-30-48(42)54(50)36-18-14-16-34(32-36)52-45-27-9-3-21-39(45)40-22-4-10-28-46(40)52/h1-31,34,37,43H,32H2. The van der Waals surface area contributed by atoms with Crippen molar-refractivity contribution in [3.63, 3.8) is 0 Å². The van der Waals surface area contributed by atoms with E-state index in [1.54, 1.807) is 0 Å². The van der Waals surface area contributed by atoms with E-state index in [-0.39, 0.29) is 12.1 Å². The van der Waals surface area contributed by atoms with E-state index < -0.39 is 0 Å². The van der Waals surface area contributed by atoms with Crippen LogP contribution in [-0.4, -0.2) is 19.7 Å². The quantitative estimate of drug-likeness (QED) is 0.180. The lowest BCUT2D eigenvalue weighted by atomic mass is 9.91. The van der Waals surface area contributed by atoms with Gasteiger partial charge in [-0.1, -0.05) is 134 Å². The molecular formula is C50H36N4. The average Bonchev–Trinajstić information content (AvgIpc) is 3.96. The van der Waals surface area contributed by atoms with Crippen LogP contribution in [0.25, 0.3) is 66.0 Å². The van der Waals surface area contributed by atoms with Gasteiger partial charge >= 0.3 is 0 Å². The Morgan fingerprint density at radius 1 is 0.463 bits per heavy atom. The average molecular weight is 693 g/mol. The van der Waals surface area contributed by atoms with Gasteiger partial charge in [-0.25, -0.2) is 0 Å². The summed E-state index contributed by atoms with van der Waals surface area (Å²) in [6.07, 6.45) is 16.9. The van der Waals surface area contributed by atoms with Crippen molar-refractivity contribution in [3.8, 4) is 5.69 Å². The Kier molecular flexibility index (Phi) is 6.26. The van der Waals surface area contributed by atoms with Crippen molar-refractivity contribution < 1.29 is 0 Å². The number of hydrogen-bond donors (Lipinski definition) is 0. The van der Waals surface area contributed by atoms with E-state index in [4.69, 9.17) is 0 Å². The van der Waals surface area contributed by atoms with Gasteiger partial charge in [-0.05, 0) is 60.2 Å². The van der Waals surface area contributed by atoms with Gasteiger partial charge in [0.05, 0.1) is 34.2 Å². The molecule has 6 aromatic carbocycles. The zero-order chi connectivity index (χ0) is 35.3. The van der Waals surface area contributed by atoms with Crippen molar-refractivity contribution in [2.75, 3.05) is 4.90 Å². The highest BCUT2D eigenvalue weighted by molar-refractivity contribution is 6.20. The molecule has 0 saturated carbocycles. The highest BCUT2D eigenvalue weighted by Gasteiger charge is 2.37. The molecule has 1 aliphatic heterocycles. The van der Waals surface area contributed by atoms with Crippen molar-refractivity contribution in [1.29, 1.82) is 0 Å². The van der Waals surface area contributed by atoms with Gasteiger partial charge in [0, 0.05) is 67.7 Å². The number of aromatic nitrogens is 3. The SMILES string of the molecule is C1=CC2c3ccccc3N(c3cccc(-n4c5ccccc5c5c4c4ccccc4n5C4=CC=CC(n5c6ccccc6c6ccccc65)C4)c3)C2C=C1. The predicted octanol–water partition coefficient (Wildman–Crippen LogP) is 12.6.